The van der Waals surface area contributed by atoms with E-state index in [1.54, 1.807) is 6.07 Å². The molecule has 0 radical (unpaired) electrons. The van der Waals surface area contributed by atoms with Crippen LogP contribution in [0.3, 0.4) is 0 Å². The highest BCUT2D eigenvalue weighted by atomic mass is 79.9. The van der Waals surface area contributed by atoms with Gasteiger partial charge >= 0.3 is 0 Å². The van der Waals surface area contributed by atoms with Gasteiger partial charge in [0.25, 0.3) is 0 Å². The van der Waals surface area contributed by atoms with Gasteiger partial charge in [-0.2, -0.15) is 0 Å². The van der Waals surface area contributed by atoms with Crippen LogP contribution >= 0.6 is 15.9 Å². The van der Waals surface area contributed by atoms with Crippen molar-refractivity contribution < 1.29 is 8.42 Å². The Labute approximate surface area is 127 Å². The highest BCUT2D eigenvalue weighted by Crippen LogP contribution is 2.22. The lowest BCUT2D eigenvalue weighted by molar-refractivity contribution is 0.598. The first-order valence-electron chi connectivity index (χ1n) is 6.01. The van der Waals surface area contributed by atoms with Crippen molar-refractivity contribution >= 4 is 31.6 Å². The van der Waals surface area contributed by atoms with Gasteiger partial charge in [-0.25, -0.2) is 13.6 Å². The van der Waals surface area contributed by atoms with Gasteiger partial charge in [0.05, 0.1) is 4.90 Å². The van der Waals surface area contributed by atoms with Crippen LogP contribution in [-0.2, 0) is 10.0 Å². The second kappa shape index (κ2) is 5.95. The van der Waals surface area contributed by atoms with E-state index in [1.165, 1.54) is 12.1 Å². The third-order valence-corrected chi connectivity index (χ3v) is 4.36. The second-order valence-corrected chi connectivity index (χ2v) is 6.97. The molecule has 6 heteroatoms. The fraction of sp³-hybridized carbons (Fsp3) is 0.143. The zero-order valence-electron chi connectivity index (χ0n) is 10.9. The third kappa shape index (κ3) is 3.82. The van der Waals surface area contributed by atoms with Crippen LogP contribution in [0.25, 0.3) is 0 Å². The quantitative estimate of drug-likeness (QED) is 0.884. The van der Waals surface area contributed by atoms with Crippen LogP contribution in [-0.4, -0.2) is 8.42 Å². The minimum atomic E-state index is -3.68. The Bertz CT molecular complexity index is 699. The number of hydrogen-bond donors (Lipinski definition) is 2. The molecule has 0 heterocycles. The molecule has 0 aromatic heterocycles. The van der Waals surface area contributed by atoms with Gasteiger partial charge in [-0.1, -0.05) is 34.1 Å². The summed E-state index contributed by atoms with van der Waals surface area (Å²) in [4.78, 5) is 0.102. The summed E-state index contributed by atoms with van der Waals surface area (Å²) in [5.74, 6) is 0. The molecule has 106 valence electrons. The van der Waals surface area contributed by atoms with E-state index in [-0.39, 0.29) is 10.9 Å². The van der Waals surface area contributed by atoms with Crippen LogP contribution < -0.4 is 10.5 Å². The fourth-order valence-electron chi connectivity index (χ4n) is 1.85. The lowest BCUT2D eigenvalue weighted by Crippen LogP contribution is -2.13. The number of sulfonamides is 1. The topological polar surface area (TPSA) is 72.2 Å². The minimum Gasteiger partial charge on any atom is -0.378 e. The van der Waals surface area contributed by atoms with Crippen molar-refractivity contribution in [3.05, 3.63) is 58.6 Å². The van der Waals surface area contributed by atoms with Crippen LogP contribution in [0.4, 0.5) is 5.69 Å². The first kappa shape index (κ1) is 15.0. The predicted molar refractivity (Wildman–Crippen MR) is 84.0 cm³/mol. The van der Waals surface area contributed by atoms with E-state index >= 15 is 0 Å². The number of nitrogens with two attached hydrogens (primary N) is 1. The Morgan fingerprint density at radius 3 is 2.40 bits per heavy atom. The summed E-state index contributed by atoms with van der Waals surface area (Å²) in [6, 6.07) is 14.5. The Morgan fingerprint density at radius 2 is 1.80 bits per heavy atom. The maximum absolute atomic E-state index is 11.3. The summed E-state index contributed by atoms with van der Waals surface area (Å²) in [6.45, 7) is 2.01. The zero-order valence-corrected chi connectivity index (χ0v) is 13.3. The van der Waals surface area contributed by atoms with Crippen LogP contribution in [0.15, 0.2) is 57.9 Å². The van der Waals surface area contributed by atoms with E-state index in [1.807, 2.05) is 37.3 Å². The molecule has 2 rings (SSSR count). The molecule has 0 saturated heterocycles. The maximum Gasteiger partial charge on any atom is 0.238 e. The Kier molecular flexibility index (Phi) is 4.47. The summed E-state index contributed by atoms with van der Waals surface area (Å²) in [5, 5.41) is 8.38. The number of benzene rings is 2. The lowest BCUT2D eigenvalue weighted by Gasteiger charge is -2.16. The molecular formula is C14H15BrN2O2S. The van der Waals surface area contributed by atoms with E-state index in [0.717, 1.165) is 10.0 Å². The number of primary sulfonamides is 1. The Balaban J connectivity index is 2.20. The van der Waals surface area contributed by atoms with E-state index < -0.39 is 10.0 Å². The first-order chi connectivity index (χ1) is 9.36. The van der Waals surface area contributed by atoms with E-state index in [2.05, 4.69) is 21.2 Å². The van der Waals surface area contributed by atoms with Crippen molar-refractivity contribution in [3.63, 3.8) is 0 Å². The van der Waals surface area contributed by atoms with Gasteiger partial charge in [0.1, 0.15) is 0 Å². The fourth-order valence-corrected chi connectivity index (χ4v) is 2.67. The highest BCUT2D eigenvalue weighted by molar-refractivity contribution is 9.10. The zero-order chi connectivity index (χ0) is 14.8. The van der Waals surface area contributed by atoms with Crippen molar-refractivity contribution in [2.75, 3.05) is 5.32 Å². The van der Waals surface area contributed by atoms with Gasteiger partial charge in [0, 0.05) is 16.2 Å². The summed E-state index contributed by atoms with van der Waals surface area (Å²) in [7, 11) is -3.68. The van der Waals surface area contributed by atoms with Gasteiger partial charge in [-0.3, -0.25) is 0 Å². The van der Waals surface area contributed by atoms with Crippen LogP contribution in [0.2, 0.25) is 0 Å². The molecule has 0 spiro atoms. The molecule has 0 bridgehead atoms. The summed E-state index contributed by atoms with van der Waals surface area (Å²) >= 11 is 3.39. The van der Waals surface area contributed by atoms with Gasteiger partial charge in [-0.15, -0.1) is 0 Å². The number of rotatable bonds is 4. The van der Waals surface area contributed by atoms with Crippen LogP contribution in [0, 0.1) is 0 Å². The van der Waals surface area contributed by atoms with Crippen molar-refractivity contribution in [3.8, 4) is 0 Å². The Hall–Kier alpha value is -1.37. The van der Waals surface area contributed by atoms with Crippen LogP contribution in [0.5, 0.6) is 0 Å². The molecule has 2 aromatic rings. The lowest BCUT2D eigenvalue weighted by atomic mass is 10.1. The molecule has 0 fully saturated rings. The monoisotopic (exact) mass is 354 g/mol. The number of halogens is 1. The van der Waals surface area contributed by atoms with Gasteiger partial charge in [-0.05, 0) is 42.8 Å². The molecule has 3 N–H and O–H groups in total. The van der Waals surface area contributed by atoms with E-state index in [0.29, 0.717) is 5.69 Å². The molecular weight excluding hydrogens is 340 g/mol. The molecule has 4 nitrogen and oxygen atoms in total. The standard InChI is InChI=1S/C14H15BrN2O2S/c1-10(11-5-7-12(15)8-6-11)17-13-3-2-4-14(9-13)20(16,18)19/h2-10,17H,1H3,(H2,16,18,19). The molecule has 20 heavy (non-hydrogen) atoms. The molecule has 0 aliphatic carbocycles. The number of nitrogens with one attached hydrogen (secondary N) is 1. The van der Waals surface area contributed by atoms with Crippen molar-refractivity contribution in [2.24, 2.45) is 5.14 Å². The molecule has 0 amide bonds. The van der Waals surface area contributed by atoms with E-state index in [4.69, 9.17) is 5.14 Å². The largest absolute Gasteiger partial charge is 0.378 e. The molecule has 0 saturated carbocycles. The first-order valence-corrected chi connectivity index (χ1v) is 8.35. The van der Waals surface area contributed by atoms with Gasteiger partial charge in [0.15, 0.2) is 0 Å². The average molecular weight is 355 g/mol. The maximum atomic E-state index is 11.3. The molecule has 1 unspecified atom stereocenters. The predicted octanol–water partition coefficient (Wildman–Crippen LogP) is 3.27. The molecule has 2 aromatic carbocycles. The highest BCUT2D eigenvalue weighted by Gasteiger charge is 2.10. The third-order valence-electron chi connectivity index (χ3n) is 2.92. The Morgan fingerprint density at radius 1 is 1.15 bits per heavy atom. The SMILES string of the molecule is CC(Nc1cccc(S(N)(=O)=O)c1)c1ccc(Br)cc1. The van der Waals surface area contributed by atoms with Crippen molar-refractivity contribution in [1.82, 2.24) is 0 Å². The van der Waals surface area contributed by atoms with Gasteiger partial charge in [0.2, 0.25) is 10.0 Å². The summed E-state index contributed by atoms with van der Waals surface area (Å²) in [5.41, 5.74) is 1.82. The molecule has 0 aliphatic heterocycles. The van der Waals surface area contributed by atoms with Gasteiger partial charge < -0.3 is 5.32 Å². The summed E-state index contributed by atoms with van der Waals surface area (Å²) < 4.78 is 23.7. The van der Waals surface area contributed by atoms with Crippen LogP contribution in [0.1, 0.15) is 18.5 Å². The van der Waals surface area contributed by atoms with Crippen molar-refractivity contribution in [2.45, 2.75) is 17.9 Å². The van der Waals surface area contributed by atoms with Crippen molar-refractivity contribution in [1.29, 1.82) is 0 Å². The number of hydrogen-bond acceptors (Lipinski definition) is 3. The second-order valence-electron chi connectivity index (χ2n) is 4.49. The summed E-state index contributed by atoms with van der Waals surface area (Å²) in [6.07, 6.45) is 0. The minimum absolute atomic E-state index is 0.0545. The number of anilines is 1. The molecule has 0 aliphatic rings. The normalized spacial score (nSPS) is 12.9. The smallest absolute Gasteiger partial charge is 0.238 e. The molecule has 1 atom stereocenters. The average Bonchev–Trinajstić information content (AvgIpc) is 2.38. The van der Waals surface area contributed by atoms with E-state index in [9.17, 15) is 8.42 Å².